The molecule has 2 nitrogen and oxygen atoms in total. The second-order valence-electron chi connectivity index (χ2n) is 2.81. The van der Waals surface area contributed by atoms with Crippen LogP contribution in [-0.2, 0) is 0 Å². The van der Waals surface area contributed by atoms with Gasteiger partial charge in [0.05, 0.1) is 5.02 Å². The predicted molar refractivity (Wildman–Crippen MR) is 61.2 cm³/mol. The zero-order valence-electron chi connectivity index (χ0n) is 7.92. The molecule has 0 aromatic heterocycles. The van der Waals surface area contributed by atoms with E-state index < -0.39 is 0 Å². The monoisotopic (exact) mass is 229 g/mol. The second-order valence-corrected chi connectivity index (χ2v) is 4.09. The van der Waals surface area contributed by atoms with Crippen LogP contribution in [0, 0.1) is 0 Å². The smallest absolute Gasteiger partial charge is 0.165 e. The van der Waals surface area contributed by atoms with Gasteiger partial charge in [0.15, 0.2) is 5.78 Å². The Kier molecular flexibility index (Phi) is 4.45. The summed E-state index contributed by atoms with van der Waals surface area (Å²) in [5.74, 6) is 0.00778. The zero-order chi connectivity index (χ0) is 10.6. The third-order valence-electron chi connectivity index (χ3n) is 1.85. The summed E-state index contributed by atoms with van der Waals surface area (Å²) in [5.41, 5.74) is 5.89. The van der Waals surface area contributed by atoms with Gasteiger partial charge in [0, 0.05) is 16.9 Å². The highest BCUT2D eigenvalue weighted by molar-refractivity contribution is 7.98. The normalized spacial score (nSPS) is 10.2. The number of nitrogens with two attached hydrogens (primary N) is 1. The lowest BCUT2D eigenvalue weighted by Gasteiger charge is -2.04. The first-order valence-electron chi connectivity index (χ1n) is 4.26. The maximum Gasteiger partial charge on any atom is 0.165 e. The van der Waals surface area contributed by atoms with Crippen molar-refractivity contribution >= 4 is 29.1 Å². The Labute approximate surface area is 92.8 Å². The summed E-state index contributed by atoms with van der Waals surface area (Å²) < 4.78 is 0. The number of ketones is 1. The Bertz CT molecular complexity index is 341. The Morgan fingerprint density at radius 2 is 2.29 bits per heavy atom. The zero-order valence-corrected chi connectivity index (χ0v) is 9.49. The van der Waals surface area contributed by atoms with E-state index in [0.717, 1.165) is 4.90 Å². The van der Waals surface area contributed by atoms with Crippen LogP contribution in [0.3, 0.4) is 0 Å². The first-order valence-corrected chi connectivity index (χ1v) is 5.86. The Hall–Kier alpha value is -0.510. The van der Waals surface area contributed by atoms with Gasteiger partial charge < -0.3 is 5.73 Å². The van der Waals surface area contributed by atoms with Crippen molar-refractivity contribution in [2.75, 3.05) is 12.8 Å². The molecule has 76 valence electrons. The average molecular weight is 230 g/mol. The molecule has 0 saturated heterocycles. The Morgan fingerprint density at radius 3 is 2.86 bits per heavy atom. The van der Waals surface area contributed by atoms with E-state index in [2.05, 4.69) is 0 Å². The lowest BCUT2D eigenvalue weighted by atomic mass is 10.1. The van der Waals surface area contributed by atoms with E-state index in [1.54, 1.807) is 17.8 Å². The first kappa shape index (κ1) is 11.6. The van der Waals surface area contributed by atoms with E-state index in [0.29, 0.717) is 23.6 Å². The minimum Gasteiger partial charge on any atom is -0.330 e. The Balaban J connectivity index is 2.99. The fraction of sp³-hybridized carbons (Fsp3) is 0.300. The topological polar surface area (TPSA) is 43.1 Å². The third-order valence-corrected chi connectivity index (χ3v) is 2.90. The van der Waals surface area contributed by atoms with Crippen LogP contribution in [0.2, 0.25) is 5.02 Å². The van der Waals surface area contributed by atoms with Gasteiger partial charge in [-0.25, -0.2) is 0 Å². The van der Waals surface area contributed by atoms with Crippen molar-refractivity contribution in [3.05, 3.63) is 28.8 Å². The summed E-state index contributed by atoms with van der Waals surface area (Å²) in [4.78, 5) is 12.6. The van der Waals surface area contributed by atoms with Crippen LogP contribution in [0.4, 0.5) is 0 Å². The van der Waals surface area contributed by atoms with Crippen LogP contribution in [-0.4, -0.2) is 18.6 Å². The molecular formula is C10H12ClNOS. The Morgan fingerprint density at radius 1 is 1.57 bits per heavy atom. The molecule has 1 aromatic rings. The number of rotatable bonds is 4. The molecule has 0 atom stereocenters. The van der Waals surface area contributed by atoms with Gasteiger partial charge in [0.2, 0.25) is 0 Å². The molecule has 0 saturated carbocycles. The first-order chi connectivity index (χ1) is 6.69. The molecular weight excluding hydrogens is 218 g/mol. The summed E-state index contributed by atoms with van der Waals surface area (Å²) in [6.07, 6.45) is 2.30. The number of hydrogen-bond donors (Lipinski definition) is 1. The van der Waals surface area contributed by atoms with E-state index in [9.17, 15) is 4.79 Å². The molecule has 2 N–H and O–H groups in total. The summed E-state index contributed by atoms with van der Waals surface area (Å²) in [6.45, 7) is 0.360. The molecule has 14 heavy (non-hydrogen) atoms. The quantitative estimate of drug-likeness (QED) is 0.638. The standard InChI is InChI=1S/C10H12ClNOS/c1-14-7-2-3-9(11)8(6-7)10(13)4-5-12/h2-3,6H,4-5,12H2,1H3. The summed E-state index contributed by atoms with van der Waals surface area (Å²) in [7, 11) is 0. The van der Waals surface area contributed by atoms with E-state index in [1.807, 2.05) is 18.4 Å². The number of carbonyl (C=O) groups excluding carboxylic acids is 1. The number of halogens is 1. The maximum atomic E-state index is 11.6. The minimum atomic E-state index is 0.00778. The van der Waals surface area contributed by atoms with Crippen molar-refractivity contribution in [1.82, 2.24) is 0 Å². The number of benzene rings is 1. The maximum absolute atomic E-state index is 11.6. The molecule has 0 fully saturated rings. The summed E-state index contributed by atoms with van der Waals surface area (Å²) >= 11 is 7.50. The van der Waals surface area contributed by atoms with Gasteiger partial charge in [0.25, 0.3) is 0 Å². The molecule has 0 spiro atoms. The fourth-order valence-electron chi connectivity index (χ4n) is 1.11. The van der Waals surface area contributed by atoms with E-state index in [4.69, 9.17) is 17.3 Å². The van der Waals surface area contributed by atoms with Crippen molar-refractivity contribution in [3.8, 4) is 0 Å². The number of carbonyl (C=O) groups is 1. The molecule has 1 rings (SSSR count). The predicted octanol–water partition coefficient (Wildman–Crippen LogP) is 2.59. The highest BCUT2D eigenvalue weighted by atomic mass is 35.5. The van der Waals surface area contributed by atoms with Gasteiger partial charge in [-0.3, -0.25) is 4.79 Å². The van der Waals surface area contributed by atoms with Crippen molar-refractivity contribution in [3.63, 3.8) is 0 Å². The van der Waals surface area contributed by atoms with Crippen LogP contribution in [0.5, 0.6) is 0 Å². The van der Waals surface area contributed by atoms with Gasteiger partial charge in [-0.15, -0.1) is 11.8 Å². The fourth-order valence-corrected chi connectivity index (χ4v) is 1.77. The molecule has 0 unspecified atom stereocenters. The molecule has 0 heterocycles. The molecule has 0 aliphatic rings. The van der Waals surface area contributed by atoms with Gasteiger partial charge in [0.1, 0.15) is 0 Å². The van der Waals surface area contributed by atoms with E-state index >= 15 is 0 Å². The van der Waals surface area contributed by atoms with Gasteiger partial charge in [-0.2, -0.15) is 0 Å². The van der Waals surface area contributed by atoms with E-state index in [1.165, 1.54) is 0 Å². The van der Waals surface area contributed by atoms with E-state index in [-0.39, 0.29) is 5.78 Å². The van der Waals surface area contributed by atoms with Crippen molar-refractivity contribution in [2.24, 2.45) is 5.73 Å². The lowest BCUT2D eigenvalue weighted by Crippen LogP contribution is -2.08. The number of thioether (sulfide) groups is 1. The highest BCUT2D eigenvalue weighted by Gasteiger charge is 2.09. The van der Waals surface area contributed by atoms with Gasteiger partial charge >= 0.3 is 0 Å². The second kappa shape index (κ2) is 5.39. The third kappa shape index (κ3) is 2.74. The summed E-state index contributed by atoms with van der Waals surface area (Å²) in [6, 6.07) is 5.45. The molecule has 0 bridgehead atoms. The molecule has 0 amide bonds. The molecule has 0 aliphatic heterocycles. The van der Waals surface area contributed by atoms with Crippen molar-refractivity contribution < 1.29 is 4.79 Å². The lowest BCUT2D eigenvalue weighted by molar-refractivity contribution is 0.0985. The van der Waals surface area contributed by atoms with Crippen LogP contribution in [0.25, 0.3) is 0 Å². The van der Waals surface area contributed by atoms with Crippen LogP contribution in [0.15, 0.2) is 23.1 Å². The van der Waals surface area contributed by atoms with Gasteiger partial charge in [-0.1, -0.05) is 11.6 Å². The van der Waals surface area contributed by atoms with Crippen LogP contribution >= 0.6 is 23.4 Å². The molecule has 4 heteroatoms. The van der Waals surface area contributed by atoms with Crippen LogP contribution < -0.4 is 5.73 Å². The van der Waals surface area contributed by atoms with Crippen molar-refractivity contribution in [2.45, 2.75) is 11.3 Å². The highest BCUT2D eigenvalue weighted by Crippen LogP contribution is 2.23. The van der Waals surface area contributed by atoms with Gasteiger partial charge in [-0.05, 0) is 31.0 Å². The number of hydrogen-bond acceptors (Lipinski definition) is 3. The number of Topliss-reactive ketones (excluding diaryl/α,β-unsaturated/α-hetero) is 1. The molecule has 0 aliphatic carbocycles. The van der Waals surface area contributed by atoms with Crippen molar-refractivity contribution in [1.29, 1.82) is 0 Å². The average Bonchev–Trinajstić information content (AvgIpc) is 2.19. The molecule has 1 aromatic carbocycles. The minimum absolute atomic E-state index is 0.00778. The summed E-state index contributed by atoms with van der Waals surface area (Å²) in [5, 5.41) is 0.501. The molecule has 0 radical (unpaired) electrons. The van der Waals surface area contributed by atoms with Crippen LogP contribution in [0.1, 0.15) is 16.8 Å². The largest absolute Gasteiger partial charge is 0.330 e. The SMILES string of the molecule is CSc1ccc(Cl)c(C(=O)CCN)c1.